The van der Waals surface area contributed by atoms with Crippen molar-refractivity contribution < 1.29 is 4.74 Å². The zero-order valence-corrected chi connectivity index (χ0v) is 12.9. The van der Waals surface area contributed by atoms with Gasteiger partial charge < -0.3 is 10.1 Å². The van der Waals surface area contributed by atoms with Gasteiger partial charge in [-0.2, -0.15) is 0 Å². The number of halogens is 1. The van der Waals surface area contributed by atoms with Crippen molar-refractivity contribution in [1.29, 1.82) is 0 Å². The summed E-state index contributed by atoms with van der Waals surface area (Å²) in [6.45, 7) is 3.18. The van der Waals surface area contributed by atoms with Crippen molar-refractivity contribution in [3.05, 3.63) is 33.4 Å². The molecule has 0 radical (unpaired) electrons. The van der Waals surface area contributed by atoms with Crippen LogP contribution >= 0.6 is 22.6 Å². The summed E-state index contributed by atoms with van der Waals surface area (Å²) in [5, 5.41) is 3.76. The van der Waals surface area contributed by atoms with Crippen molar-refractivity contribution in [2.24, 2.45) is 5.92 Å². The van der Waals surface area contributed by atoms with Crippen LogP contribution in [0.25, 0.3) is 0 Å². The molecule has 98 valence electrons. The molecule has 3 unspecified atom stereocenters. The number of ether oxygens (including phenoxy) is 1. The minimum absolute atomic E-state index is 0.412. The minimum Gasteiger partial charge on any atom is -0.376 e. The van der Waals surface area contributed by atoms with Crippen molar-refractivity contribution in [2.45, 2.75) is 44.4 Å². The molecule has 1 N–H and O–H groups in total. The zero-order valence-electron chi connectivity index (χ0n) is 10.7. The molecule has 1 aromatic rings. The maximum absolute atomic E-state index is 5.88. The van der Waals surface area contributed by atoms with E-state index < -0.39 is 0 Å². The van der Waals surface area contributed by atoms with E-state index in [-0.39, 0.29) is 0 Å². The summed E-state index contributed by atoms with van der Waals surface area (Å²) in [5.41, 5.74) is 1.37. The molecule has 1 aromatic carbocycles. The second-order valence-corrected chi connectivity index (χ2v) is 6.75. The standard InChI is InChI=1S/C15H20INO/c1-10(11-4-6-13(16)7-5-11)17-14-8-9-18-15(14)12-2-3-12/h4-7,10,12,14-15,17H,2-3,8-9H2,1H3. The largest absolute Gasteiger partial charge is 0.376 e. The molecule has 1 heterocycles. The Morgan fingerprint density at radius 3 is 2.61 bits per heavy atom. The lowest BCUT2D eigenvalue weighted by atomic mass is 10.0. The Bertz CT molecular complexity index is 401. The second kappa shape index (κ2) is 5.47. The minimum atomic E-state index is 0.412. The lowest BCUT2D eigenvalue weighted by Gasteiger charge is -2.24. The Kier molecular flexibility index (Phi) is 3.91. The molecular weight excluding hydrogens is 337 g/mol. The van der Waals surface area contributed by atoms with Crippen LogP contribution < -0.4 is 5.32 Å². The average molecular weight is 357 g/mol. The van der Waals surface area contributed by atoms with Crippen LogP contribution in [0.4, 0.5) is 0 Å². The molecule has 1 saturated heterocycles. The smallest absolute Gasteiger partial charge is 0.0757 e. The molecule has 1 aliphatic carbocycles. The molecular formula is C15H20INO. The van der Waals surface area contributed by atoms with E-state index in [4.69, 9.17) is 4.74 Å². The van der Waals surface area contributed by atoms with Crippen LogP contribution in [-0.4, -0.2) is 18.8 Å². The van der Waals surface area contributed by atoms with Crippen LogP contribution in [0.3, 0.4) is 0 Å². The van der Waals surface area contributed by atoms with Crippen LogP contribution in [-0.2, 0) is 4.74 Å². The Labute approximate surface area is 123 Å². The van der Waals surface area contributed by atoms with Crippen LogP contribution in [0, 0.1) is 9.49 Å². The van der Waals surface area contributed by atoms with Crippen molar-refractivity contribution in [3.63, 3.8) is 0 Å². The van der Waals surface area contributed by atoms with E-state index >= 15 is 0 Å². The maximum Gasteiger partial charge on any atom is 0.0757 e. The van der Waals surface area contributed by atoms with Crippen molar-refractivity contribution in [3.8, 4) is 0 Å². The third-order valence-corrected chi connectivity index (χ3v) is 4.78. The second-order valence-electron chi connectivity index (χ2n) is 5.51. The zero-order chi connectivity index (χ0) is 12.5. The topological polar surface area (TPSA) is 21.3 Å². The molecule has 2 fully saturated rings. The van der Waals surface area contributed by atoms with Gasteiger partial charge in [0.25, 0.3) is 0 Å². The fraction of sp³-hybridized carbons (Fsp3) is 0.600. The number of nitrogens with one attached hydrogen (secondary N) is 1. The summed E-state index contributed by atoms with van der Waals surface area (Å²) in [4.78, 5) is 0. The van der Waals surface area contributed by atoms with Crippen LogP contribution in [0.5, 0.6) is 0 Å². The van der Waals surface area contributed by atoms with Crippen molar-refractivity contribution in [1.82, 2.24) is 5.32 Å². The molecule has 1 saturated carbocycles. The molecule has 18 heavy (non-hydrogen) atoms. The van der Waals surface area contributed by atoms with Crippen LogP contribution in [0.1, 0.15) is 37.8 Å². The first-order chi connectivity index (χ1) is 8.74. The van der Waals surface area contributed by atoms with Gasteiger partial charge in [-0.3, -0.25) is 0 Å². The van der Waals surface area contributed by atoms with Gasteiger partial charge in [0.1, 0.15) is 0 Å². The van der Waals surface area contributed by atoms with Gasteiger partial charge in [-0.05, 0) is 72.4 Å². The Balaban J connectivity index is 1.62. The highest BCUT2D eigenvalue weighted by Gasteiger charge is 2.40. The number of hydrogen-bond acceptors (Lipinski definition) is 2. The molecule has 0 aromatic heterocycles. The monoisotopic (exact) mass is 357 g/mol. The predicted octanol–water partition coefficient (Wildman–Crippen LogP) is 3.51. The van der Waals surface area contributed by atoms with Gasteiger partial charge in [0.05, 0.1) is 6.10 Å². The van der Waals surface area contributed by atoms with Crippen LogP contribution in [0.2, 0.25) is 0 Å². The average Bonchev–Trinajstić information content (AvgIpc) is 3.11. The van der Waals surface area contributed by atoms with E-state index in [9.17, 15) is 0 Å². The number of benzene rings is 1. The summed E-state index contributed by atoms with van der Waals surface area (Å²) in [6.07, 6.45) is 4.36. The quantitative estimate of drug-likeness (QED) is 0.833. The Morgan fingerprint density at radius 1 is 1.22 bits per heavy atom. The van der Waals surface area contributed by atoms with Crippen molar-refractivity contribution in [2.75, 3.05) is 6.61 Å². The summed E-state index contributed by atoms with van der Waals surface area (Å²) >= 11 is 2.35. The van der Waals surface area contributed by atoms with Crippen LogP contribution in [0.15, 0.2) is 24.3 Å². The highest BCUT2D eigenvalue weighted by molar-refractivity contribution is 14.1. The van der Waals surface area contributed by atoms with E-state index in [0.29, 0.717) is 18.2 Å². The van der Waals surface area contributed by atoms with E-state index in [0.717, 1.165) is 18.9 Å². The van der Waals surface area contributed by atoms with Gasteiger partial charge in [0.2, 0.25) is 0 Å². The first-order valence-electron chi connectivity index (χ1n) is 6.87. The van der Waals surface area contributed by atoms with E-state index in [1.54, 1.807) is 0 Å². The van der Waals surface area contributed by atoms with E-state index in [1.165, 1.54) is 22.0 Å². The van der Waals surface area contributed by atoms with E-state index in [1.807, 2.05) is 0 Å². The van der Waals surface area contributed by atoms with Gasteiger partial charge in [0.15, 0.2) is 0 Å². The fourth-order valence-corrected chi connectivity index (χ4v) is 3.21. The molecule has 0 bridgehead atoms. The number of hydrogen-bond donors (Lipinski definition) is 1. The summed E-state index contributed by atoms with van der Waals surface area (Å²) in [5.74, 6) is 0.828. The molecule has 1 aliphatic heterocycles. The fourth-order valence-electron chi connectivity index (χ4n) is 2.85. The SMILES string of the molecule is CC(NC1CCOC1C1CC1)c1ccc(I)cc1. The molecule has 3 rings (SSSR count). The Morgan fingerprint density at radius 2 is 1.94 bits per heavy atom. The highest BCUT2D eigenvalue weighted by Crippen LogP contribution is 2.39. The van der Waals surface area contributed by atoms with Gasteiger partial charge in [-0.1, -0.05) is 12.1 Å². The molecule has 2 aliphatic rings. The molecule has 0 amide bonds. The third kappa shape index (κ3) is 2.89. The van der Waals surface area contributed by atoms with Gasteiger partial charge in [0, 0.05) is 22.3 Å². The first kappa shape index (κ1) is 12.9. The lowest BCUT2D eigenvalue weighted by molar-refractivity contribution is 0.0793. The van der Waals surface area contributed by atoms with Gasteiger partial charge in [-0.25, -0.2) is 0 Å². The van der Waals surface area contributed by atoms with Gasteiger partial charge in [-0.15, -0.1) is 0 Å². The summed E-state index contributed by atoms with van der Waals surface area (Å²) in [7, 11) is 0. The summed E-state index contributed by atoms with van der Waals surface area (Å²) in [6, 6.07) is 9.76. The normalized spacial score (nSPS) is 29.4. The number of rotatable bonds is 4. The molecule has 2 nitrogen and oxygen atoms in total. The molecule has 3 heteroatoms. The first-order valence-corrected chi connectivity index (χ1v) is 7.95. The predicted molar refractivity (Wildman–Crippen MR) is 81.6 cm³/mol. The van der Waals surface area contributed by atoms with Crippen molar-refractivity contribution >= 4 is 22.6 Å². The highest BCUT2D eigenvalue weighted by atomic mass is 127. The Hall–Kier alpha value is -0.130. The maximum atomic E-state index is 5.88. The molecule has 0 spiro atoms. The third-order valence-electron chi connectivity index (χ3n) is 4.06. The summed E-state index contributed by atoms with van der Waals surface area (Å²) < 4.78 is 7.18. The lowest BCUT2D eigenvalue weighted by Crippen LogP contribution is -2.39. The van der Waals surface area contributed by atoms with Gasteiger partial charge >= 0.3 is 0 Å². The molecule has 3 atom stereocenters. The van der Waals surface area contributed by atoms with E-state index in [2.05, 4.69) is 59.1 Å².